The quantitative estimate of drug-likeness (QED) is 0.345. The number of carbonyl (C=O) groups is 1. The fraction of sp³-hybridized carbons (Fsp3) is 0.296. The van der Waals surface area contributed by atoms with Crippen molar-refractivity contribution < 1.29 is 14.3 Å². The Morgan fingerprint density at radius 2 is 1.61 bits per heavy atom. The van der Waals surface area contributed by atoms with E-state index in [9.17, 15) is 4.79 Å². The molecule has 2 N–H and O–H groups in total. The minimum atomic E-state index is -1.19. The van der Waals surface area contributed by atoms with Gasteiger partial charge in [0.05, 0.1) is 5.69 Å². The van der Waals surface area contributed by atoms with E-state index in [0.717, 1.165) is 23.1 Å². The Kier molecular flexibility index (Phi) is 8.89. The molecule has 0 fully saturated rings. The minimum absolute atomic E-state index is 0.283. The van der Waals surface area contributed by atoms with Crippen molar-refractivity contribution in [2.75, 3.05) is 25.1 Å². The molecule has 0 aliphatic heterocycles. The maximum atomic E-state index is 12.7. The highest BCUT2D eigenvalue weighted by molar-refractivity contribution is 6.30. The monoisotopic (exact) mass is 466 g/mol. The standard InChI is InChI=1S/C27H31ClN2O3/c1-4-32-27(33-5-2,22-12-14-23(28)15-13-22)24-19-20(3)11-16-25(24)30-26(31)29-18-17-21-9-7-6-8-10-21/h6-16,19H,4-5,17-18H2,1-3H3,(H2,29,30,31). The number of anilines is 1. The number of aryl methyl sites for hydroxylation is 1. The van der Waals surface area contributed by atoms with Gasteiger partial charge >= 0.3 is 6.03 Å². The summed E-state index contributed by atoms with van der Waals surface area (Å²) in [6.07, 6.45) is 0.752. The molecule has 0 aliphatic rings. The second-order valence-corrected chi connectivity index (χ2v) is 8.09. The fourth-order valence-electron chi connectivity index (χ4n) is 3.77. The molecule has 0 spiro atoms. The summed E-state index contributed by atoms with van der Waals surface area (Å²) in [5.41, 5.74) is 4.34. The van der Waals surface area contributed by atoms with E-state index in [4.69, 9.17) is 21.1 Å². The average molecular weight is 467 g/mol. The second kappa shape index (κ2) is 11.8. The average Bonchev–Trinajstić information content (AvgIpc) is 2.81. The Balaban J connectivity index is 1.89. The minimum Gasteiger partial charge on any atom is -0.342 e. The van der Waals surface area contributed by atoms with Gasteiger partial charge in [-0.2, -0.15) is 0 Å². The van der Waals surface area contributed by atoms with E-state index in [1.165, 1.54) is 5.56 Å². The molecule has 3 rings (SSSR count). The summed E-state index contributed by atoms with van der Waals surface area (Å²) in [5, 5.41) is 6.55. The van der Waals surface area contributed by atoms with Gasteiger partial charge in [-0.1, -0.05) is 65.7 Å². The summed E-state index contributed by atoms with van der Waals surface area (Å²) in [4.78, 5) is 12.7. The molecule has 6 heteroatoms. The maximum Gasteiger partial charge on any atom is 0.319 e. The van der Waals surface area contributed by atoms with Crippen LogP contribution in [0, 0.1) is 6.92 Å². The van der Waals surface area contributed by atoms with Crippen molar-refractivity contribution in [1.29, 1.82) is 0 Å². The Hall–Kier alpha value is -2.86. The molecule has 5 nitrogen and oxygen atoms in total. The summed E-state index contributed by atoms with van der Waals surface area (Å²) < 4.78 is 12.5. The van der Waals surface area contributed by atoms with Crippen molar-refractivity contribution in [1.82, 2.24) is 5.32 Å². The first-order chi connectivity index (χ1) is 16.0. The first-order valence-electron chi connectivity index (χ1n) is 11.2. The number of benzene rings is 3. The van der Waals surface area contributed by atoms with Crippen LogP contribution in [-0.4, -0.2) is 25.8 Å². The molecular formula is C27H31ClN2O3. The molecule has 0 radical (unpaired) electrons. The lowest BCUT2D eigenvalue weighted by molar-refractivity contribution is -0.212. The molecule has 0 aromatic heterocycles. The summed E-state index contributed by atoms with van der Waals surface area (Å²) in [7, 11) is 0. The van der Waals surface area contributed by atoms with E-state index >= 15 is 0 Å². The van der Waals surface area contributed by atoms with Gasteiger partial charge in [-0.15, -0.1) is 0 Å². The Morgan fingerprint density at radius 3 is 2.24 bits per heavy atom. The van der Waals surface area contributed by atoms with Gasteiger partial charge in [-0.3, -0.25) is 0 Å². The van der Waals surface area contributed by atoms with Crippen molar-refractivity contribution in [3.63, 3.8) is 0 Å². The van der Waals surface area contributed by atoms with Gasteiger partial charge in [-0.05, 0) is 57.0 Å². The lowest BCUT2D eigenvalue weighted by Crippen LogP contribution is -2.37. The van der Waals surface area contributed by atoms with Gasteiger partial charge in [0.25, 0.3) is 0 Å². The Labute approximate surface area is 201 Å². The van der Waals surface area contributed by atoms with Crippen molar-refractivity contribution in [2.24, 2.45) is 0 Å². The summed E-state index contributed by atoms with van der Waals surface area (Å²) in [6.45, 7) is 7.19. The number of rotatable bonds is 10. The number of carbonyl (C=O) groups excluding carboxylic acids is 1. The molecule has 0 saturated heterocycles. The van der Waals surface area contributed by atoms with E-state index < -0.39 is 5.79 Å². The van der Waals surface area contributed by atoms with Crippen molar-refractivity contribution >= 4 is 23.3 Å². The molecule has 0 bridgehead atoms. The Bertz CT molecular complexity index is 1030. The number of hydrogen-bond donors (Lipinski definition) is 2. The third-order valence-electron chi connectivity index (χ3n) is 5.24. The lowest BCUT2D eigenvalue weighted by atomic mass is 9.93. The van der Waals surface area contributed by atoms with Gasteiger partial charge in [0.1, 0.15) is 0 Å². The van der Waals surface area contributed by atoms with Crippen molar-refractivity contribution in [3.8, 4) is 0 Å². The predicted octanol–water partition coefficient (Wildman–Crippen LogP) is 6.29. The predicted molar refractivity (Wildman–Crippen MR) is 134 cm³/mol. The molecule has 2 amide bonds. The Morgan fingerprint density at radius 1 is 0.939 bits per heavy atom. The van der Waals surface area contributed by atoms with Crippen LogP contribution in [0.1, 0.15) is 36.1 Å². The van der Waals surface area contributed by atoms with Crippen LogP contribution >= 0.6 is 11.6 Å². The molecule has 33 heavy (non-hydrogen) atoms. The van der Waals surface area contributed by atoms with Gasteiger partial charge in [0.2, 0.25) is 5.79 Å². The highest BCUT2D eigenvalue weighted by atomic mass is 35.5. The topological polar surface area (TPSA) is 59.6 Å². The zero-order valence-electron chi connectivity index (χ0n) is 19.4. The number of ether oxygens (including phenoxy) is 2. The molecular weight excluding hydrogens is 436 g/mol. The third-order valence-corrected chi connectivity index (χ3v) is 5.49. The van der Waals surface area contributed by atoms with Crippen LogP contribution in [0.5, 0.6) is 0 Å². The van der Waals surface area contributed by atoms with Gasteiger partial charge in [-0.25, -0.2) is 4.79 Å². The van der Waals surface area contributed by atoms with Crippen LogP contribution in [0.15, 0.2) is 72.8 Å². The third kappa shape index (κ3) is 6.35. The number of amides is 2. The molecule has 174 valence electrons. The van der Waals surface area contributed by atoms with Crippen molar-refractivity contribution in [2.45, 2.75) is 33.0 Å². The summed E-state index contributed by atoms with van der Waals surface area (Å²) >= 11 is 6.13. The lowest BCUT2D eigenvalue weighted by Gasteiger charge is -2.35. The highest BCUT2D eigenvalue weighted by Gasteiger charge is 2.38. The number of nitrogens with one attached hydrogen (secondary N) is 2. The van der Waals surface area contributed by atoms with E-state index in [2.05, 4.69) is 10.6 Å². The number of hydrogen-bond acceptors (Lipinski definition) is 3. The smallest absolute Gasteiger partial charge is 0.319 e. The molecule has 0 heterocycles. The SMILES string of the molecule is CCOC(OCC)(c1ccc(Cl)cc1)c1cc(C)ccc1NC(=O)NCCc1ccccc1. The van der Waals surface area contributed by atoms with Crippen LogP contribution in [-0.2, 0) is 21.7 Å². The molecule has 0 unspecified atom stereocenters. The van der Waals surface area contributed by atoms with Crippen LogP contribution in [0.2, 0.25) is 5.02 Å². The number of urea groups is 1. The second-order valence-electron chi connectivity index (χ2n) is 7.66. The van der Waals surface area contributed by atoms with Gasteiger partial charge in [0.15, 0.2) is 0 Å². The summed E-state index contributed by atoms with van der Waals surface area (Å²) in [5.74, 6) is -1.19. The van der Waals surface area contributed by atoms with Crippen LogP contribution in [0.25, 0.3) is 0 Å². The molecule has 0 aliphatic carbocycles. The highest BCUT2D eigenvalue weighted by Crippen LogP contribution is 2.40. The summed E-state index contributed by atoms with van der Waals surface area (Å²) in [6, 6.07) is 23.0. The van der Waals surface area contributed by atoms with E-state index in [1.54, 1.807) is 0 Å². The van der Waals surface area contributed by atoms with Gasteiger partial charge in [0, 0.05) is 35.9 Å². The zero-order chi connectivity index (χ0) is 23.7. The largest absolute Gasteiger partial charge is 0.342 e. The zero-order valence-corrected chi connectivity index (χ0v) is 20.1. The first kappa shape index (κ1) is 24.8. The molecule has 3 aromatic carbocycles. The van der Waals surface area contributed by atoms with Crippen LogP contribution in [0.4, 0.5) is 10.5 Å². The first-order valence-corrected chi connectivity index (χ1v) is 11.6. The van der Waals surface area contributed by atoms with E-state index in [-0.39, 0.29) is 6.03 Å². The number of halogens is 1. The molecule has 3 aromatic rings. The van der Waals surface area contributed by atoms with E-state index in [1.807, 2.05) is 93.6 Å². The normalized spacial score (nSPS) is 11.3. The van der Waals surface area contributed by atoms with E-state index in [0.29, 0.717) is 30.5 Å². The maximum absolute atomic E-state index is 12.7. The van der Waals surface area contributed by atoms with Gasteiger partial charge < -0.3 is 20.1 Å². The van der Waals surface area contributed by atoms with Crippen LogP contribution in [0.3, 0.4) is 0 Å². The molecule has 0 saturated carbocycles. The van der Waals surface area contributed by atoms with Crippen LogP contribution < -0.4 is 10.6 Å². The van der Waals surface area contributed by atoms with Crippen molar-refractivity contribution in [3.05, 3.63) is 100 Å². The fourth-order valence-corrected chi connectivity index (χ4v) is 3.89. The molecule has 0 atom stereocenters.